The van der Waals surface area contributed by atoms with E-state index in [0.717, 1.165) is 16.9 Å². The van der Waals surface area contributed by atoms with E-state index in [-0.39, 0.29) is 6.61 Å². The van der Waals surface area contributed by atoms with Gasteiger partial charge < -0.3 is 9.84 Å². The molecule has 94 valence electrons. The maximum Gasteiger partial charge on any atom is 0.122 e. The molecule has 0 radical (unpaired) electrons. The fourth-order valence-corrected chi connectivity index (χ4v) is 2.12. The molecule has 0 heterocycles. The maximum atomic E-state index is 9.05. The lowest BCUT2D eigenvalue weighted by Crippen LogP contribution is -1.93. The number of hydrogen-bond acceptors (Lipinski definition) is 2. The largest absolute Gasteiger partial charge is 0.496 e. The third kappa shape index (κ3) is 2.24. The summed E-state index contributed by atoms with van der Waals surface area (Å²) in [5.74, 6) is 0.920. The molecule has 0 amide bonds. The Hall–Kier alpha value is -1.80. The van der Waals surface area contributed by atoms with E-state index in [9.17, 15) is 0 Å². The van der Waals surface area contributed by atoms with E-state index in [2.05, 4.69) is 19.9 Å². The number of aliphatic hydroxyl groups is 1. The molecule has 0 aliphatic heterocycles. The highest BCUT2D eigenvalue weighted by atomic mass is 16.5. The van der Waals surface area contributed by atoms with Gasteiger partial charge >= 0.3 is 0 Å². The van der Waals surface area contributed by atoms with Gasteiger partial charge in [0.25, 0.3) is 0 Å². The summed E-state index contributed by atoms with van der Waals surface area (Å²) in [5.41, 5.74) is 5.70. The SMILES string of the molecule is COc1ccc(-c2ccc(CO)cc2)c(C)c1C. The van der Waals surface area contributed by atoms with Crippen molar-refractivity contribution in [1.82, 2.24) is 0 Å². The highest BCUT2D eigenvalue weighted by Gasteiger charge is 2.08. The zero-order valence-corrected chi connectivity index (χ0v) is 11.0. The van der Waals surface area contributed by atoms with E-state index >= 15 is 0 Å². The first-order valence-corrected chi connectivity index (χ1v) is 6.01. The quantitative estimate of drug-likeness (QED) is 0.893. The van der Waals surface area contributed by atoms with Gasteiger partial charge in [0.15, 0.2) is 0 Å². The van der Waals surface area contributed by atoms with E-state index in [1.807, 2.05) is 30.3 Å². The van der Waals surface area contributed by atoms with Crippen LogP contribution >= 0.6 is 0 Å². The molecule has 2 nitrogen and oxygen atoms in total. The highest BCUT2D eigenvalue weighted by molar-refractivity contribution is 5.70. The summed E-state index contributed by atoms with van der Waals surface area (Å²) in [7, 11) is 1.69. The smallest absolute Gasteiger partial charge is 0.122 e. The number of aliphatic hydroxyl groups excluding tert-OH is 1. The van der Waals surface area contributed by atoms with Gasteiger partial charge in [-0.05, 0) is 47.7 Å². The monoisotopic (exact) mass is 242 g/mol. The lowest BCUT2D eigenvalue weighted by Gasteiger charge is -2.13. The van der Waals surface area contributed by atoms with Crippen LogP contribution in [0, 0.1) is 13.8 Å². The van der Waals surface area contributed by atoms with Gasteiger partial charge in [0, 0.05) is 0 Å². The lowest BCUT2D eigenvalue weighted by molar-refractivity contribution is 0.282. The third-order valence-corrected chi connectivity index (χ3v) is 3.40. The summed E-state index contributed by atoms with van der Waals surface area (Å²) >= 11 is 0. The van der Waals surface area contributed by atoms with Gasteiger partial charge in [0.05, 0.1) is 13.7 Å². The topological polar surface area (TPSA) is 29.5 Å². The molecule has 0 atom stereocenters. The van der Waals surface area contributed by atoms with Gasteiger partial charge in [-0.3, -0.25) is 0 Å². The molecule has 18 heavy (non-hydrogen) atoms. The van der Waals surface area contributed by atoms with Gasteiger partial charge in [-0.25, -0.2) is 0 Å². The Morgan fingerprint density at radius 3 is 2.17 bits per heavy atom. The van der Waals surface area contributed by atoms with Crippen LogP contribution in [-0.2, 0) is 6.61 Å². The molecular weight excluding hydrogens is 224 g/mol. The van der Waals surface area contributed by atoms with Crippen LogP contribution < -0.4 is 4.74 Å². The van der Waals surface area contributed by atoms with Crippen LogP contribution in [0.15, 0.2) is 36.4 Å². The standard InChI is InChI=1S/C16H18O2/c1-11-12(2)16(18-3)9-8-15(11)14-6-4-13(10-17)5-7-14/h4-9,17H,10H2,1-3H3. The predicted molar refractivity (Wildman–Crippen MR) is 73.8 cm³/mol. The average molecular weight is 242 g/mol. The first-order chi connectivity index (χ1) is 8.67. The summed E-state index contributed by atoms with van der Waals surface area (Å²) in [5, 5.41) is 9.05. The van der Waals surface area contributed by atoms with Crippen LogP contribution in [-0.4, -0.2) is 12.2 Å². The zero-order chi connectivity index (χ0) is 13.1. The Labute approximate surface area is 108 Å². The third-order valence-electron chi connectivity index (χ3n) is 3.40. The minimum atomic E-state index is 0.0842. The Kier molecular flexibility index (Phi) is 3.68. The number of rotatable bonds is 3. The van der Waals surface area contributed by atoms with Crippen LogP contribution in [0.2, 0.25) is 0 Å². The summed E-state index contributed by atoms with van der Waals surface area (Å²) < 4.78 is 5.32. The van der Waals surface area contributed by atoms with Crippen molar-refractivity contribution in [2.45, 2.75) is 20.5 Å². The van der Waals surface area contributed by atoms with E-state index in [1.54, 1.807) is 7.11 Å². The first kappa shape index (κ1) is 12.7. The van der Waals surface area contributed by atoms with E-state index in [1.165, 1.54) is 16.7 Å². The fraction of sp³-hybridized carbons (Fsp3) is 0.250. The Morgan fingerprint density at radius 2 is 1.61 bits per heavy atom. The van der Waals surface area contributed by atoms with Crippen molar-refractivity contribution in [3.63, 3.8) is 0 Å². The van der Waals surface area contributed by atoms with Gasteiger partial charge in [0.2, 0.25) is 0 Å². The molecule has 2 rings (SSSR count). The van der Waals surface area contributed by atoms with Crippen molar-refractivity contribution in [2.75, 3.05) is 7.11 Å². The Balaban J connectivity index is 2.47. The van der Waals surface area contributed by atoms with Gasteiger partial charge in [-0.1, -0.05) is 30.3 Å². The number of hydrogen-bond donors (Lipinski definition) is 1. The second kappa shape index (κ2) is 5.23. The molecule has 0 fully saturated rings. The van der Waals surface area contributed by atoms with Crippen LogP contribution in [0.4, 0.5) is 0 Å². The van der Waals surface area contributed by atoms with E-state index < -0.39 is 0 Å². The molecule has 2 aromatic carbocycles. The summed E-state index contributed by atoms with van der Waals surface area (Å²) in [6.07, 6.45) is 0. The molecule has 0 spiro atoms. The van der Waals surface area contributed by atoms with Crippen molar-refractivity contribution in [1.29, 1.82) is 0 Å². The zero-order valence-electron chi connectivity index (χ0n) is 11.0. The van der Waals surface area contributed by atoms with E-state index in [0.29, 0.717) is 0 Å². The van der Waals surface area contributed by atoms with Gasteiger partial charge in [0.1, 0.15) is 5.75 Å². The number of methoxy groups -OCH3 is 1. The molecule has 0 aliphatic rings. The van der Waals surface area contributed by atoms with Crippen molar-refractivity contribution >= 4 is 0 Å². The second-order valence-electron chi connectivity index (χ2n) is 4.42. The van der Waals surface area contributed by atoms with Crippen molar-refractivity contribution in [3.05, 3.63) is 53.1 Å². The highest BCUT2D eigenvalue weighted by Crippen LogP contribution is 2.31. The molecule has 1 N–H and O–H groups in total. The maximum absolute atomic E-state index is 9.05. The minimum Gasteiger partial charge on any atom is -0.496 e. The molecule has 0 aliphatic carbocycles. The van der Waals surface area contributed by atoms with Crippen molar-refractivity contribution in [3.8, 4) is 16.9 Å². The second-order valence-corrected chi connectivity index (χ2v) is 4.42. The number of benzene rings is 2. The van der Waals surface area contributed by atoms with Gasteiger partial charge in [-0.15, -0.1) is 0 Å². The van der Waals surface area contributed by atoms with Crippen molar-refractivity contribution in [2.24, 2.45) is 0 Å². The van der Waals surface area contributed by atoms with Crippen molar-refractivity contribution < 1.29 is 9.84 Å². The molecule has 2 aromatic rings. The Morgan fingerprint density at radius 1 is 0.944 bits per heavy atom. The molecular formula is C16H18O2. The van der Waals surface area contributed by atoms with Crippen LogP contribution in [0.5, 0.6) is 5.75 Å². The summed E-state index contributed by atoms with van der Waals surface area (Å²) in [6, 6.07) is 12.1. The van der Waals surface area contributed by atoms with E-state index in [4.69, 9.17) is 9.84 Å². The molecule has 0 saturated heterocycles. The minimum absolute atomic E-state index is 0.0842. The molecule has 2 heteroatoms. The Bertz CT molecular complexity index is 542. The number of ether oxygens (including phenoxy) is 1. The molecule has 0 aromatic heterocycles. The average Bonchev–Trinajstić information content (AvgIpc) is 2.42. The first-order valence-electron chi connectivity index (χ1n) is 6.01. The lowest BCUT2D eigenvalue weighted by atomic mass is 9.96. The fourth-order valence-electron chi connectivity index (χ4n) is 2.12. The summed E-state index contributed by atoms with van der Waals surface area (Å²) in [4.78, 5) is 0. The normalized spacial score (nSPS) is 10.4. The van der Waals surface area contributed by atoms with Crippen LogP contribution in [0.1, 0.15) is 16.7 Å². The predicted octanol–water partition coefficient (Wildman–Crippen LogP) is 3.47. The molecule has 0 unspecified atom stereocenters. The molecule has 0 bridgehead atoms. The van der Waals surface area contributed by atoms with Crippen LogP contribution in [0.3, 0.4) is 0 Å². The van der Waals surface area contributed by atoms with Crippen LogP contribution in [0.25, 0.3) is 11.1 Å². The van der Waals surface area contributed by atoms with Gasteiger partial charge in [-0.2, -0.15) is 0 Å². The molecule has 0 saturated carbocycles. The summed E-state index contributed by atoms with van der Waals surface area (Å²) in [6.45, 7) is 4.26.